The van der Waals surface area contributed by atoms with Crippen LogP contribution in [0.15, 0.2) is 59.8 Å². The molecule has 0 N–H and O–H groups in total. The highest BCUT2D eigenvalue weighted by atomic mass is 32.2. The number of benzene rings is 2. The number of hydrogen-bond donors (Lipinski definition) is 0. The fourth-order valence-corrected chi connectivity index (χ4v) is 5.18. The van der Waals surface area contributed by atoms with Crippen molar-refractivity contribution in [2.24, 2.45) is 7.05 Å². The molecule has 0 spiro atoms. The molecular formula is C24H28N6S. The number of para-hydroxylation sites is 2. The van der Waals surface area contributed by atoms with E-state index >= 15 is 0 Å². The summed E-state index contributed by atoms with van der Waals surface area (Å²) in [5, 5.41) is 10.2. The molecule has 0 bridgehead atoms. The van der Waals surface area contributed by atoms with E-state index in [2.05, 4.69) is 79.8 Å². The summed E-state index contributed by atoms with van der Waals surface area (Å²) < 4.78 is 4.46. The van der Waals surface area contributed by atoms with Crippen LogP contribution < -0.4 is 0 Å². The summed E-state index contributed by atoms with van der Waals surface area (Å²) >= 11 is 1.72. The first-order chi connectivity index (χ1) is 15.3. The maximum Gasteiger partial charge on any atom is 0.192 e. The van der Waals surface area contributed by atoms with E-state index < -0.39 is 0 Å². The van der Waals surface area contributed by atoms with Crippen molar-refractivity contribution >= 4 is 22.8 Å². The highest BCUT2D eigenvalue weighted by Gasteiger charge is 2.19. The molecule has 7 heteroatoms. The number of fused-ring (bicyclic) bond motifs is 1. The van der Waals surface area contributed by atoms with Crippen molar-refractivity contribution in [1.29, 1.82) is 0 Å². The van der Waals surface area contributed by atoms with Gasteiger partial charge in [0.05, 0.1) is 29.9 Å². The zero-order chi connectivity index (χ0) is 21.0. The number of likely N-dealkylation sites (tertiary alicyclic amines) is 1. The Morgan fingerprint density at radius 1 is 0.839 bits per heavy atom. The average Bonchev–Trinajstić information content (AvgIpc) is 3.34. The number of piperidine rings is 1. The second kappa shape index (κ2) is 9.24. The van der Waals surface area contributed by atoms with Crippen molar-refractivity contribution < 1.29 is 0 Å². The lowest BCUT2D eigenvalue weighted by atomic mass is 10.1. The summed E-state index contributed by atoms with van der Waals surface area (Å²) in [6.07, 6.45) is 3.90. The number of aromatic nitrogens is 5. The number of aryl methyl sites for hydroxylation is 1. The summed E-state index contributed by atoms with van der Waals surface area (Å²) in [6.45, 7) is 3.97. The predicted octanol–water partition coefficient (Wildman–Crippen LogP) is 4.49. The fraction of sp³-hybridized carbons (Fsp3) is 0.375. The van der Waals surface area contributed by atoms with Gasteiger partial charge in [-0.25, -0.2) is 4.98 Å². The maximum absolute atomic E-state index is 4.82. The van der Waals surface area contributed by atoms with Crippen molar-refractivity contribution in [2.75, 3.05) is 13.1 Å². The third kappa shape index (κ3) is 4.52. The SMILES string of the molecule is Cn1c(CSc2nnc(CN3CCCCC3)n2Cc2ccccc2)nc2ccccc21. The van der Waals surface area contributed by atoms with Gasteiger partial charge in [0, 0.05) is 7.05 Å². The lowest BCUT2D eigenvalue weighted by molar-refractivity contribution is 0.213. The van der Waals surface area contributed by atoms with Crippen molar-refractivity contribution in [3.8, 4) is 0 Å². The summed E-state index contributed by atoms with van der Waals surface area (Å²) in [6, 6.07) is 18.9. The lowest BCUT2D eigenvalue weighted by Gasteiger charge is -2.26. The number of thioether (sulfide) groups is 1. The number of imidazole rings is 1. The Hall–Kier alpha value is -2.64. The molecule has 1 fully saturated rings. The van der Waals surface area contributed by atoms with E-state index in [1.165, 1.54) is 24.8 Å². The Bertz CT molecular complexity index is 1140. The van der Waals surface area contributed by atoms with Gasteiger partial charge in [0.15, 0.2) is 5.16 Å². The van der Waals surface area contributed by atoms with E-state index in [0.717, 1.165) is 59.8 Å². The molecule has 2 aromatic heterocycles. The topological polar surface area (TPSA) is 51.8 Å². The minimum Gasteiger partial charge on any atom is -0.330 e. The first-order valence-electron chi connectivity index (χ1n) is 11.0. The van der Waals surface area contributed by atoms with Gasteiger partial charge < -0.3 is 9.13 Å². The van der Waals surface area contributed by atoms with Gasteiger partial charge in [-0.1, -0.05) is 60.6 Å². The molecule has 160 valence electrons. The minimum atomic E-state index is 0.766. The van der Waals surface area contributed by atoms with Gasteiger partial charge in [-0.2, -0.15) is 0 Å². The molecule has 31 heavy (non-hydrogen) atoms. The molecule has 0 radical (unpaired) electrons. The van der Waals surface area contributed by atoms with Gasteiger partial charge in [0.1, 0.15) is 11.6 Å². The first-order valence-corrected chi connectivity index (χ1v) is 12.0. The molecule has 1 saturated heterocycles. The van der Waals surface area contributed by atoms with Crippen molar-refractivity contribution in [3.05, 3.63) is 71.8 Å². The maximum atomic E-state index is 4.82. The highest BCUT2D eigenvalue weighted by Crippen LogP contribution is 2.25. The Labute approximate surface area is 187 Å². The monoisotopic (exact) mass is 432 g/mol. The van der Waals surface area contributed by atoms with Crippen LogP contribution in [-0.2, 0) is 25.9 Å². The molecule has 0 unspecified atom stereocenters. The third-order valence-electron chi connectivity index (χ3n) is 6.00. The minimum absolute atomic E-state index is 0.766. The van der Waals surface area contributed by atoms with Crippen LogP contribution in [-0.4, -0.2) is 42.3 Å². The van der Waals surface area contributed by atoms with Gasteiger partial charge >= 0.3 is 0 Å². The Kier molecular flexibility index (Phi) is 6.04. The van der Waals surface area contributed by atoms with Crippen LogP contribution in [0.25, 0.3) is 11.0 Å². The Balaban J connectivity index is 1.39. The predicted molar refractivity (Wildman–Crippen MR) is 125 cm³/mol. The van der Waals surface area contributed by atoms with Crippen LogP contribution in [0.5, 0.6) is 0 Å². The molecule has 3 heterocycles. The molecule has 0 amide bonds. The molecule has 4 aromatic rings. The molecular weight excluding hydrogens is 404 g/mol. The van der Waals surface area contributed by atoms with Gasteiger partial charge in [0.2, 0.25) is 0 Å². The van der Waals surface area contributed by atoms with Crippen molar-refractivity contribution in [3.63, 3.8) is 0 Å². The van der Waals surface area contributed by atoms with Crippen LogP contribution in [0.1, 0.15) is 36.5 Å². The quantitative estimate of drug-likeness (QED) is 0.403. The van der Waals surface area contributed by atoms with E-state index in [-0.39, 0.29) is 0 Å². The van der Waals surface area contributed by atoms with Gasteiger partial charge in [-0.3, -0.25) is 4.90 Å². The van der Waals surface area contributed by atoms with E-state index in [4.69, 9.17) is 4.98 Å². The molecule has 0 aliphatic carbocycles. The smallest absolute Gasteiger partial charge is 0.192 e. The standard InChI is InChI=1S/C24H28N6S/c1-28-21-13-7-6-12-20(21)25-23(28)18-31-24-27-26-22(17-29-14-8-3-9-15-29)30(24)16-19-10-4-2-5-11-19/h2,4-7,10-13H,3,8-9,14-18H2,1H3. The van der Waals surface area contributed by atoms with Crippen molar-refractivity contribution in [2.45, 2.75) is 43.3 Å². The zero-order valence-corrected chi connectivity index (χ0v) is 18.8. The summed E-state index contributed by atoms with van der Waals surface area (Å²) in [7, 11) is 2.09. The average molecular weight is 433 g/mol. The molecule has 2 aromatic carbocycles. The second-order valence-corrected chi connectivity index (χ2v) is 9.11. The largest absolute Gasteiger partial charge is 0.330 e. The highest BCUT2D eigenvalue weighted by molar-refractivity contribution is 7.98. The molecule has 1 aliphatic rings. The van der Waals surface area contributed by atoms with Gasteiger partial charge in [-0.05, 0) is 43.6 Å². The van der Waals surface area contributed by atoms with Gasteiger partial charge in [0.25, 0.3) is 0 Å². The normalized spacial score (nSPS) is 15.0. The van der Waals surface area contributed by atoms with Crippen LogP contribution in [0.3, 0.4) is 0 Å². The second-order valence-electron chi connectivity index (χ2n) is 8.17. The number of rotatable bonds is 7. The Morgan fingerprint density at radius 3 is 2.42 bits per heavy atom. The molecule has 0 atom stereocenters. The summed E-state index contributed by atoms with van der Waals surface area (Å²) in [4.78, 5) is 7.33. The van der Waals surface area contributed by atoms with E-state index in [1.54, 1.807) is 11.8 Å². The van der Waals surface area contributed by atoms with E-state index in [9.17, 15) is 0 Å². The Morgan fingerprint density at radius 2 is 1.61 bits per heavy atom. The van der Waals surface area contributed by atoms with E-state index in [0.29, 0.717) is 0 Å². The van der Waals surface area contributed by atoms with Crippen LogP contribution in [0, 0.1) is 0 Å². The zero-order valence-electron chi connectivity index (χ0n) is 17.9. The summed E-state index contributed by atoms with van der Waals surface area (Å²) in [5.41, 5.74) is 3.47. The molecule has 5 rings (SSSR count). The van der Waals surface area contributed by atoms with Crippen LogP contribution in [0.4, 0.5) is 0 Å². The molecule has 0 saturated carbocycles. The number of hydrogen-bond acceptors (Lipinski definition) is 5. The molecule has 1 aliphatic heterocycles. The van der Waals surface area contributed by atoms with E-state index in [1.807, 2.05) is 6.07 Å². The first kappa shape index (κ1) is 20.3. The van der Waals surface area contributed by atoms with Crippen LogP contribution >= 0.6 is 11.8 Å². The number of nitrogens with zero attached hydrogens (tertiary/aromatic N) is 6. The molecule has 6 nitrogen and oxygen atoms in total. The summed E-state index contributed by atoms with van der Waals surface area (Å²) in [5.74, 6) is 2.87. The lowest BCUT2D eigenvalue weighted by Crippen LogP contribution is -2.30. The van der Waals surface area contributed by atoms with Crippen LogP contribution in [0.2, 0.25) is 0 Å². The van der Waals surface area contributed by atoms with Gasteiger partial charge in [-0.15, -0.1) is 10.2 Å². The third-order valence-corrected chi connectivity index (χ3v) is 6.96. The van der Waals surface area contributed by atoms with Crippen molar-refractivity contribution in [1.82, 2.24) is 29.2 Å². The fourth-order valence-electron chi connectivity index (χ4n) is 4.24.